The third-order valence-corrected chi connectivity index (χ3v) is 3.30. The molecule has 1 atom stereocenters. The molecule has 2 aromatic rings. The zero-order valence-corrected chi connectivity index (χ0v) is 11.1. The quantitative estimate of drug-likeness (QED) is 0.923. The molecule has 0 saturated heterocycles. The zero-order valence-electron chi connectivity index (χ0n) is 10.3. The predicted octanol–water partition coefficient (Wildman–Crippen LogP) is 2.72. The molecule has 0 bridgehead atoms. The van der Waals surface area contributed by atoms with Crippen LogP contribution >= 0.6 is 11.6 Å². The van der Waals surface area contributed by atoms with E-state index < -0.39 is 0 Å². The Labute approximate surface area is 111 Å². The summed E-state index contributed by atoms with van der Waals surface area (Å²) in [6.45, 7) is 0. The lowest BCUT2D eigenvalue weighted by atomic mass is 10.0. The molecular formula is C13H15ClFN3. The van der Waals surface area contributed by atoms with Crippen LogP contribution in [-0.2, 0) is 13.5 Å². The Balaban J connectivity index is 2.26. The Morgan fingerprint density at radius 2 is 2.28 bits per heavy atom. The van der Waals surface area contributed by atoms with E-state index in [0.717, 1.165) is 5.56 Å². The summed E-state index contributed by atoms with van der Waals surface area (Å²) in [5, 5.41) is 7.74. The van der Waals surface area contributed by atoms with Crippen LogP contribution in [0.2, 0.25) is 5.02 Å². The first-order chi connectivity index (χ1) is 8.61. The van der Waals surface area contributed by atoms with Crippen molar-refractivity contribution in [3.63, 3.8) is 0 Å². The van der Waals surface area contributed by atoms with E-state index in [9.17, 15) is 4.39 Å². The molecule has 1 aromatic heterocycles. The Hall–Kier alpha value is -1.39. The second kappa shape index (κ2) is 5.50. The van der Waals surface area contributed by atoms with Gasteiger partial charge in [-0.25, -0.2) is 4.39 Å². The minimum atomic E-state index is -0.272. The first-order valence-corrected chi connectivity index (χ1v) is 6.08. The van der Waals surface area contributed by atoms with Crippen LogP contribution in [0.1, 0.15) is 17.2 Å². The van der Waals surface area contributed by atoms with Crippen LogP contribution in [0.5, 0.6) is 0 Å². The first kappa shape index (κ1) is 13.1. The molecule has 0 aliphatic heterocycles. The maximum absolute atomic E-state index is 13.7. The molecular weight excluding hydrogens is 253 g/mol. The number of nitrogens with zero attached hydrogens (tertiary/aromatic N) is 2. The molecule has 1 heterocycles. The maximum Gasteiger partial charge on any atom is 0.127 e. The number of rotatable bonds is 4. The van der Waals surface area contributed by atoms with Gasteiger partial charge < -0.3 is 5.32 Å². The lowest BCUT2D eigenvalue weighted by Crippen LogP contribution is -2.19. The van der Waals surface area contributed by atoms with Crippen LogP contribution in [0.15, 0.2) is 30.6 Å². The van der Waals surface area contributed by atoms with Gasteiger partial charge in [-0.3, -0.25) is 4.68 Å². The summed E-state index contributed by atoms with van der Waals surface area (Å²) in [5.41, 5.74) is 1.54. The molecule has 0 amide bonds. The summed E-state index contributed by atoms with van der Waals surface area (Å²) in [7, 11) is 3.69. The predicted molar refractivity (Wildman–Crippen MR) is 70.1 cm³/mol. The minimum Gasteiger partial charge on any atom is -0.313 e. The maximum atomic E-state index is 13.7. The van der Waals surface area contributed by atoms with Gasteiger partial charge in [0, 0.05) is 35.4 Å². The second-order valence-electron chi connectivity index (χ2n) is 4.19. The Morgan fingerprint density at radius 1 is 1.50 bits per heavy atom. The van der Waals surface area contributed by atoms with E-state index in [4.69, 9.17) is 11.6 Å². The number of aromatic nitrogens is 2. The minimum absolute atomic E-state index is 0.00639. The lowest BCUT2D eigenvalue weighted by Gasteiger charge is -2.15. The summed E-state index contributed by atoms with van der Waals surface area (Å²) in [5.74, 6) is -0.272. The number of hydrogen-bond donors (Lipinski definition) is 1. The number of aryl methyl sites for hydroxylation is 1. The van der Waals surface area contributed by atoms with Crippen molar-refractivity contribution >= 4 is 11.6 Å². The normalized spacial score (nSPS) is 12.7. The van der Waals surface area contributed by atoms with Gasteiger partial charge in [-0.2, -0.15) is 5.10 Å². The molecule has 0 spiro atoms. The molecule has 5 heteroatoms. The lowest BCUT2D eigenvalue weighted by molar-refractivity contribution is 0.554. The van der Waals surface area contributed by atoms with Gasteiger partial charge in [0.2, 0.25) is 0 Å². The molecule has 96 valence electrons. The zero-order chi connectivity index (χ0) is 13.1. The topological polar surface area (TPSA) is 29.9 Å². The fourth-order valence-corrected chi connectivity index (χ4v) is 2.18. The molecule has 0 aliphatic carbocycles. The summed E-state index contributed by atoms with van der Waals surface area (Å²) in [4.78, 5) is 0. The molecule has 18 heavy (non-hydrogen) atoms. The molecule has 1 unspecified atom stereocenters. The van der Waals surface area contributed by atoms with E-state index in [1.165, 1.54) is 6.07 Å². The van der Waals surface area contributed by atoms with E-state index in [1.807, 2.05) is 20.3 Å². The molecule has 0 aliphatic rings. The van der Waals surface area contributed by atoms with E-state index in [2.05, 4.69) is 10.4 Å². The van der Waals surface area contributed by atoms with Crippen LogP contribution in [0, 0.1) is 5.82 Å². The monoisotopic (exact) mass is 267 g/mol. The van der Waals surface area contributed by atoms with Crippen molar-refractivity contribution in [2.75, 3.05) is 7.05 Å². The van der Waals surface area contributed by atoms with Crippen molar-refractivity contribution in [1.82, 2.24) is 15.1 Å². The van der Waals surface area contributed by atoms with Gasteiger partial charge in [-0.05, 0) is 25.6 Å². The Morgan fingerprint density at radius 3 is 2.83 bits per heavy atom. The van der Waals surface area contributed by atoms with Gasteiger partial charge in [0.05, 0.1) is 6.20 Å². The van der Waals surface area contributed by atoms with Crippen LogP contribution in [-0.4, -0.2) is 16.8 Å². The number of halogens is 2. The van der Waals surface area contributed by atoms with Crippen molar-refractivity contribution in [2.45, 2.75) is 12.5 Å². The fraction of sp³-hybridized carbons (Fsp3) is 0.308. The van der Waals surface area contributed by atoms with E-state index in [1.54, 1.807) is 23.0 Å². The molecule has 0 saturated carbocycles. The highest BCUT2D eigenvalue weighted by atomic mass is 35.5. The van der Waals surface area contributed by atoms with Crippen LogP contribution < -0.4 is 5.32 Å². The third-order valence-electron chi connectivity index (χ3n) is 2.95. The average molecular weight is 268 g/mol. The van der Waals surface area contributed by atoms with Crippen molar-refractivity contribution in [3.05, 3.63) is 52.6 Å². The summed E-state index contributed by atoms with van der Waals surface area (Å²) >= 11 is 6.03. The van der Waals surface area contributed by atoms with Crippen molar-refractivity contribution in [2.24, 2.45) is 7.05 Å². The molecule has 1 aromatic carbocycles. The summed E-state index contributed by atoms with van der Waals surface area (Å²) in [6.07, 6.45) is 4.18. The SMILES string of the molecule is CNC(Cc1c(F)cccc1Cl)c1cnn(C)c1. The molecule has 2 rings (SSSR count). The van der Waals surface area contributed by atoms with Gasteiger partial charge >= 0.3 is 0 Å². The average Bonchev–Trinajstić information content (AvgIpc) is 2.76. The smallest absolute Gasteiger partial charge is 0.127 e. The third kappa shape index (κ3) is 2.71. The number of hydrogen-bond acceptors (Lipinski definition) is 2. The van der Waals surface area contributed by atoms with E-state index >= 15 is 0 Å². The molecule has 1 N–H and O–H groups in total. The van der Waals surface area contributed by atoms with Crippen LogP contribution in [0.25, 0.3) is 0 Å². The highest BCUT2D eigenvalue weighted by Gasteiger charge is 2.16. The molecule has 3 nitrogen and oxygen atoms in total. The fourth-order valence-electron chi connectivity index (χ4n) is 1.94. The number of nitrogens with one attached hydrogen (secondary N) is 1. The second-order valence-corrected chi connectivity index (χ2v) is 4.60. The van der Waals surface area contributed by atoms with E-state index in [0.29, 0.717) is 17.0 Å². The highest BCUT2D eigenvalue weighted by Crippen LogP contribution is 2.25. The van der Waals surface area contributed by atoms with Gasteiger partial charge in [0.15, 0.2) is 0 Å². The largest absolute Gasteiger partial charge is 0.313 e. The summed E-state index contributed by atoms with van der Waals surface area (Å²) < 4.78 is 15.5. The summed E-state index contributed by atoms with van der Waals surface area (Å²) in [6, 6.07) is 4.74. The van der Waals surface area contributed by atoms with Crippen LogP contribution in [0.4, 0.5) is 4.39 Å². The van der Waals surface area contributed by atoms with Crippen molar-refractivity contribution in [1.29, 1.82) is 0 Å². The van der Waals surface area contributed by atoms with E-state index in [-0.39, 0.29) is 11.9 Å². The molecule has 0 fully saturated rings. The number of benzene rings is 1. The van der Waals surface area contributed by atoms with Crippen molar-refractivity contribution in [3.8, 4) is 0 Å². The number of likely N-dealkylation sites (N-methyl/N-ethyl adjacent to an activating group) is 1. The molecule has 0 radical (unpaired) electrons. The Kier molecular flexibility index (Phi) is 3.99. The van der Waals surface area contributed by atoms with Gasteiger partial charge in [0.1, 0.15) is 5.82 Å². The van der Waals surface area contributed by atoms with Gasteiger partial charge in [-0.15, -0.1) is 0 Å². The van der Waals surface area contributed by atoms with Gasteiger partial charge in [-0.1, -0.05) is 17.7 Å². The first-order valence-electron chi connectivity index (χ1n) is 5.70. The van der Waals surface area contributed by atoms with Crippen molar-refractivity contribution < 1.29 is 4.39 Å². The van der Waals surface area contributed by atoms with Gasteiger partial charge in [0.25, 0.3) is 0 Å². The standard InChI is InChI=1S/C13H15ClFN3/c1-16-13(9-7-17-18(2)8-9)6-10-11(14)4-3-5-12(10)15/h3-5,7-8,13,16H,6H2,1-2H3. The highest BCUT2D eigenvalue weighted by molar-refractivity contribution is 6.31. The Bertz CT molecular complexity index is 519. The van der Waals surface area contributed by atoms with Crippen LogP contribution in [0.3, 0.4) is 0 Å².